The van der Waals surface area contributed by atoms with Crippen molar-refractivity contribution in [3.63, 3.8) is 0 Å². The van der Waals surface area contributed by atoms with Crippen LogP contribution in [0.5, 0.6) is 0 Å². The number of urea groups is 1. The van der Waals surface area contributed by atoms with Crippen molar-refractivity contribution in [1.82, 2.24) is 30.3 Å². The maximum atomic E-state index is 13.0. The van der Waals surface area contributed by atoms with Gasteiger partial charge in [0, 0.05) is 51.3 Å². The van der Waals surface area contributed by atoms with Crippen molar-refractivity contribution in [3.05, 3.63) is 59.9 Å². The molecule has 0 spiro atoms. The normalized spacial score (nSPS) is 18.5. The predicted octanol–water partition coefficient (Wildman–Crippen LogP) is 3.87. The summed E-state index contributed by atoms with van der Waals surface area (Å²) in [5.74, 6) is -0.468. The number of amides is 6. The van der Waals surface area contributed by atoms with E-state index in [1.54, 1.807) is 67.9 Å². The van der Waals surface area contributed by atoms with Crippen LogP contribution in [0.1, 0.15) is 77.3 Å². The van der Waals surface area contributed by atoms with Crippen molar-refractivity contribution in [2.45, 2.75) is 103 Å². The number of aliphatic hydroxyl groups is 1. The molecule has 6 amide bonds. The van der Waals surface area contributed by atoms with Crippen molar-refractivity contribution in [3.8, 4) is 0 Å². The number of aryl methyl sites for hydroxylation is 1. The summed E-state index contributed by atoms with van der Waals surface area (Å²) in [7, 11) is 1.75. The summed E-state index contributed by atoms with van der Waals surface area (Å²) in [6.07, 6.45) is 7.56. The number of alkyl carbamates (subject to hydrolysis) is 1. The largest absolute Gasteiger partial charge is 0.444 e. The lowest BCUT2D eigenvalue weighted by Gasteiger charge is -2.27. The number of nitrogens with zero attached hydrogens (tertiary/aromatic N) is 4. The standard InChI is InChI=1S/C24H31N5O3.C14H26N2O4/c1-18-6-5-7-20(16-18)26-24(32)27-21-8-3-4-14-29(23(21)31)17-22(30)28(2)15-11-19-9-12-25-13-10-19;1-10(17)9-16-8-6-5-7-11(12(16)18)15-13(19)20-14(2,3)4/h5-7,9-10,12-13,16,21H,3-4,8,11,14-15,17H2,1-2H3,(H2,26,27,32);10-11,17H,5-9H2,1-4H3,(H,15,19)/t21-;10?,11-/m00/s1. The van der Waals surface area contributed by atoms with Gasteiger partial charge in [0.15, 0.2) is 0 Å². The second-order valence-electron chi connectivity index (χ2n) is 14.5. The van der Waals surface area contributed by atoms with Gasteiger partial charge in [0.05, 0.1) is 12.6 Å². The Morgan fingerprint density at radius 3 is 2.19 bits per heavy atom. The number of ether oxygens (including phenoxy) is 1. The molecule has 2 fully saturated rings. The minimum atomic E-state index is -0.641. The summed E-state index contributed by atoms with van der Waals surface area (Å²) in [6.45, 7) is 10.9. The molecule has 0 bridgehead atoms. The van der Waals surface area contributed by atoms with E-state index in [1.165, 1.54) is 0 Å². The summed E-state index contributed by atoms with van der Waals surface area (Å²) in [6, 6.07) is 9.69. The third-order valence-corrected chi connectivity index (χ3v) is 8.56. The molecular weight excluding hydrogens is 666 g/mol. The smallest absolute Gasteiger partial charge is 0.408 e. The summed E-state index contributed by atoms with van der Waals surface area (Å²) >= 11 is 0. The van der Waals surface area contributed by atoms with Gasteiger partial charge in [-0.1, -0.05) is 12.1 Å². The van der Waals surface area contributed by atoms with E-state index in [2.05, 4.69) is 20.9 Å². The lowest BCUT2D eigenvalue weighted by Crippen LogP contribution is -2.51. The zero-order chi connectivity index (χ0) is 38.3. The van der Waals surface area contributed by atoms with Crippen molar-refractivity contribution < 1.29 is 33.8 Å². The molecular formula is C38H57N7O7. The Labute approximate surface area is 307 Å². The molecule has 0 saturated carbocycles. The molecule has 2 aromatic rings. The SMILES string of the molecule is CC(O)CN1CCCC[C@H](NC(=O)OC(C)(C)C)C1=O.Cc1cccc(NC(=O)N[C@H]2CCCCN(CC(=O)N(C)CCc3ccncc3)C2=O)c1. The van der Waals surface area contributed by atoms with Gasteiger partial charge >= 0.3 is 12.1 Å². The van der Waals surface area contributed by atoms with Gasteiger partial charge in [-0.25, -0.2) is 9.59 Å². The minimum absolute atomic E-state index is 0.0172. The van der Waals surface area contributed by atoms with Gasteiger partial charge in [0.25, 0.3) is 0 Å². The van der Waals surface area contributed by atoms with Gasteiger partial charge in [0.2, 0.25) is 17.7 Å². The fraction of sp³-hybridized carbons (Fsp3) is 0.579. The van der Waals surface area contributed by atoms with Crippen LogP contribution in [0.4, 0.5) is 15.3 Å². The lowest BCUT2D eigenvalue weighted by atomic mass is 10.1. The first kappa shape index (κ1) is 41.7. The number of β-amino-alcohol motifs (C(OH)–C–C–N with tert-alkyl or cyclic N) is 1. The Morgan fingerprint density at radius 1 is 0.962 bits per heavy atom. The van der Waals surface area contributed by atoms with Gasteiger partial charge in [0.1, 0.15) is 17.7 Å². The van der Waals surface area contributed by atoms with E-state index < -0.39 is 35.9 Å². The Kier molecular flexibility index (Phi) is 16.3. The van der Waals surface area contributed by atoms with Crippen LogP contribution in [0, 0.1) is 6.92 Å². The number of likely N-dealkylation sites (tertiary alicyclic amines) is 2. The minimum Gasteiger partial charge on any atom is -0.444 e. The Bertz CT molecular complexity index is 1480. The molecule has 4 rings (SSSR count). The molecule has 14 nitrogen and oxygen atoms in total. The number of aromatic nitrogens is 1. The Morgan fingerprint density at radius 2 is 1.58 bits per heavy atom. The molecule has 1 aromatic carbocycles. The highest BCUT2D eigenvalue weighted by Crippen LogP contribution is 2.16. The maximum Gasteiger partial charge on any atom is 0.408 e. The van der Waals surface area contributed by atoms with Gasteiger partial charge < -0.3 is 40.5 Å². The van der Waals surface area contributed by atoms with Crippen LogP contribution in [-0.4, -0.2) is 118 Å². The number of hydrogen-bond donors (Lipinski definition) is 4. The fourth-order valence-corrected chi connectivity index (χ4v) is 5.89. The number of aliphatic hydroxyl groups excluding tert-OH is 1. The zero-order valence-corrected chi connectivity index (χ0v) is 31.5. The summed E-state index contributed by atoms with van der Waals surface area (Å²) < 4.78 is 5.18. The second kappa shape index (κ2) is 20.4. The average Bonchev–Trinajstić information content (AvgIpc) is 3.34. The quantitative estimate of drug-likeness (QED) is 0.286. The van der Waals surface area contributed by atoms with Crippen LogP contribution >= 0.6 is 0 Å². The first-order chi connectivity index (χ1) is 24.6. The molecule has 52 heavy (non-hydrogen) atoms. The molecule has 4 N–H and O–H groups in total. The van der Waals surface area contributed by atoms with Crippen LogP contribution in [0.15, 0.2) is 48.8 Å². The van der Waals surface area contributed by atoms with Crippen LogP contribution < -0.4 is 16.0 Å². The third-order valence-electron chi connectivity index (χ3n) is 8.56. The fourth-order valence-electron chi connectivity index (χ4n) is 5.89. The first-order valence-electron chi connectivity index (χ1n) is 18.1. The van der Waals surface area contributed by atoms with Crippen molar-refractivity contribution in [2.75, 3.05) is 45.1 Å². The summed E-state index contributed by atoms with van der Waals surface area (Å²) in [4.78, 5) is 71.1. The van der Waals surface area contributed by atoms with E-state index in [0.717, 1.165) is 43.2 Å². The van der Waals surface area contributed by atoms with E-state index >= 15 is 0 Å². The molecule has 2 aliphatic heterocycles. The van der Waals surface area contributed by atoms with Crippen molar-refractivity contribution >= 4 is 35.5 Å². The lowest BCUT2D eigenvalue weighted by molar-refractivity contribution is -0.140. The molecule has 0 radical (unpaired) electrons. The van der Waals surface area contributed by atoms with E-state index in [0.29, 0.717) is 44.7 Å². The molecule has 2 saturated heterocycles. The molecule has 1 aromatic heterocycles. The number of hydrogen-bond acceptors (Lipinski definition) is 8. The van der Waals surface area contributed by atoms with Crippen LogP contribution in [0.3, 0.4) is 0 Å². The first-order valence-corrected chi connectivity index (χ1v) is 18.1. The topological polar surface area (TPSA) is 174 Å². The highest BCUT2D eigenvalue weighted by Gasteiger charge is 2.31. The number of likely N-dealkylation sites (N-methyl/N-ethyl adjacent to an activating group) is 1. The summed E-state index contributed by atoms with van der Waals surface area (Å²) in [5, 5.41) is 17.6. The number of anilines is 1. The number of pyridine rings is 1. The van der Waals surface area contributed by atoms with E-state index in [4.69, 9.17) is 4.74 Å². The van der Waals surface area contributed by atoms with Crippen LogP contribution in [0.2, 0.25) is 0 Å². The number of benzene rings is 1. The molecule has 3 atom stereocenters. The third kappa shape index (κ3) is 14.9. The predicted molar refractivity (Wildman–Crippen MR) is 198 cm³/mol. The molecule has 3 heterocycles. The Hall–Kier alpha value is -4.72. The molecule has 0 aliphatic carbocycles. The van der Waals surface area contributed by atoms with Crippen LogP contribution in [0.25, 0.3) is 0 Å². The molecule has 1 unspecified atom stereocenters. The van der Waals surface area contributed by atoms with E-state index in [-0.39, 0.29) is 24.3 Å². The Balaban J connectivity index is 0.000000314. The highest BCUT2D eigenvalue weighted by molar-refractivity contribution is 5.95. The summed E-state index contributed by atoms with van der Waals surface area (Å²) in [5.41, 5.74) is 2.23. The van der Waals surface area contributed by atoms with E-state index in [9.17, 15) is 29.1 Å². The maximum absolute atomic E-state index is 13.0. The number of carbonyl (C=O) groups excluding carboxylic acids is 5. The van der Waals surface area contributed by atoms with Crippen LogP contribution in [-0.2, 0) is 25.5 Å². The van der Waals surface area contributed by atoms with E-state index in [1.807, 2.05) is 37.3 Å². The zero-order valence-electron chi connectivity index (χ0n) is 31.5. The van der Waals surface area contributed by atoms with Gasteiger partial charge in [-0.05, 0) is 115 Å². The molecule has 286 valence electrons. The average molecular weight is 724 g/mol. The second-order valence-corrected chi connectivity index (χ2v) is 14.5. The number of carbonyl (C=O) groups is 5. The van der Waals surface area contributed by atoms with Gasteiger partial charge in [-0.15, -0.1) is 0 Å². The van der Waals surface area contributed by atoms with Crippen molar-refractivity contribution in [2.24, 2.45) is 0 Å². The van der Waals surface area contributed by atoms with Crippen molar-refractivity contribution in [1.29, 1.82) is 0 Å². The number of rotatable bonds is 10. The highest BCUT2D eigenvalue weighted by atomic mass is 16.6. The monoisotopic (exact) mass is 723 g/mol. The van der Waals surface area contributed by atoms with Gasteiger partial charge in [-0.2, -0.15) is 0 Å². The number of nitrogens with one attached hydrogen (secondary N) is 3. The van der Waals surface area contributed by atoms with Gasteiger partial charge in [-0.3, -0.25) is 19.4 Å². The molecule has 2 aliphatic rings. The molecule has 14 heteroatoms.